The first-order valence-electron chi connectivity index (χ1n) is 6.55. The van der Waals surface area contributed by atoms with Gasteiger partial charge in [0.15, 0.2) is 0 Å². The minimum Gasteiger partial charge on any atom is -0.496 e. The van der Waals surface area contributed by atoms with E-state index < -0.39 is 0 Å². The van der Waals surface area contributed by atoms with Gasteiger partial charge in [0, 0.05) is 15.4 Å². The highest BCUT2D eigenvalue weighted by atomic mass is 79.9. The number of ether oxygens (including phenoxy) is 1. The summed E-state index contributed by atoms with van der Waals surface area (Å²) in [4.78, 5) is 0.177. The zero-order valence-corrected chi connectivity index (χ0v) is 14.3. The van der Waals surface area contributed by atoms with Crippen LogP contribution < -0.4 is 4.74 Å². The molecular formula is C17H18BrClO. The molecule has 0 radical (unpaired) electrons. The molecule has 3 heteroatoms. The molecule has 1 atom stereocenters. The molecule has 0 spiro atoms. The van der Waals surface area contributed by atoms with Crippen LogP contribution >= 0.6 is 27.5 Å². The summed E-state index contributed by atoms with van der Waals surface area (Å²) < 4.78 is 5.42. The number of rotatable bonds is 4. The number of hydrogen-bond acceptors (Lipinski definition) is 1. The maximum absolute atomic E-state index is 6.10. The largest absolute Gasteiger partial charge is 0.496 e. The van der Waals surface area contributed by atoms with E-state index in [1.165, 1.54) is 16.7 Å². The standard InChI is InChI=1S/C17H18BrClO/c1-11-4-5-12(2)13(8-11)9-16(18)15-10-14(19)6-7-17(15)20-3/h4-8,10,16H,9H2,1-3H3. The first kappa shape index (κ1) is 15.4. The Morgan fingerprint density at radius 2 is 1.90 bits per heavy atom. The highest BCUT2D eigenvalue weighted by molar-refractivity contribution is 9.09. The smallest absolute Gasteiger partial charge is 0.123 e. The molecule has 2 rings (SSSR count). The van der Waals surface area contributed by atoms with Gasteiger partial charge in [0.25, 0.3) is 0 Å². The van der Waals surface area contributed by atoms with Gasteiger partial charge in [-0.3, -0.25) is 0 Å². The van der Waals surface area contributed by atoms with Gasteiger partial charge in [0.05, 0.1) is 7.11 Å². The molecule has 0 amide bonds. The van der Waals surface area contributed by atoms with Gasteiger partial charge < -0.3 is 4.74 Å². The molecule has 1 nitrogen and oxygen atoms in total. The fraction of sp³-hybridized carbons (Fsp3) is 0.294. The number of methoxy groups -OCH3 is 1. The Kier molecular flexibility index (Phi) is 5.11. The quantitative estimate of drug-likeness (QED) is 0.646. The minimum atomic E-state index is 0.177. The zero-order valence-electron chi connectivity index (χ0n) is 11.9. The molecule has 0 aliphatic carbocycles. The van der Waals surface area contributed by atoms with Crippen molar-refractivity contribution in [2.75, 3.05) is 7.11 Å². The summed E-state index contributed by atoms with van der Waals surface area (Å²) in [5.41, 5.74) is 5.01. The van der Waals surface area contributed by atoms with E-state index in [9.17, 15) is 0 Å². The Morgan fingerprint density at radius 1 is 1.15 bits per heavy atom. The van der Waals surface area contributed by atoms with Crippen LogP contribution in [0.4, 0.5) is 0 Å². The van der Waals surface area contributed by atoms with E-state index in [0.717, 1.165) is 22.8 Å². The molecule has 20 heavy (non-hydrogen) atoms. The third-order valence-corrected chi connectivity index (χ3v) is 4.49. The molecule has 106 valence electrons. The van der Waals surface area contributed by atoms with Crippen molar-refractivity contribution in [3.63, 3.8) is 0 Å². The van der Waals surface area contributed by atoms with Crippen LogP contribution in [0.2, 0.25) is 5.02 Å². The summed E-state index contributed by atoms with van der Waals surface area (Å²) in [7, 11) is 1.68. The van der Waals surface area contributed by atoms with Crippen molar-refractivity contribution in [1.29, 1.82) is 0 Å². The van der Waals surface area contributed by atoms with Gasteiger partial charge in [-0.1, -0.05) is 51.3 Å². The Hall–Kier alpha value is -0.990. The third kappa shape index (κ3) is 3.56. The minimum absolute atomic E-state index is 0.177. The van der Waals surface area contributed by atoms with Gasteiger partial charge in [-0.15, -0.1) is 0 Å². The second-order valence-corrected chi connectivity index (χ2v) is 6.53. The molecule has 0 fully saturated rings. The summed E-state index contributed by atoms with van der Waals surface area (Å²) in [6, 6.07) is 12.3. The Labute approximate surface area is 134 Å². The fourth-order valence-electron chi connectivity index (χ4n) is 2.27. The lowest BCUT2D eigenvalue weighted by molar-refractivity contribution is 0.409. The molecule has 0 aliphatic rings. The van der Waals surface area contributed by atoms with Crippen molar-refractivity contribution in [2.24, 2.45) is 0 Å². The molecule has 0 saturated carbocycles. The lowest BCUT2D eigenvalue weighted by atomic mass is 9.98. The van der Waals surface area contributed by atoms with Crippen molar-refractivity contribution >= 4 is 27.5 Å². The predicted molar refractivity (Wildman–Crippen MR) is 89.3 cm³/mol. The summed E-state index contributed by atoms with van der Waals surface area (Å²) in [6.45, 7) is 4.26. The van der Waals surface area contributed by atoms with Crippen LogP contribution in [0.3, 0.4) is 0 Å². The SMILES string of the molecule is COc1ccc(Cl)cc1C(Br)Cc1cc(C)ccc1C. The molecule has 0 N–H and O–H groups in total. The Morgan fingerprint density at radius 3 is 2.60 bits per heavy atom. The highest BCUT2D eigenvalue weighted by Gasteiger charge is 2.15. The molecule has 2 aromatic rings. The first-order valence-corrected chi connectivity index (χ1v) is 7.84. The average Bonchev–Trinajstić information content (AvgIpc) is 2.42. The second kappa shape index (κ2) is 6.64. The normalized spacial score (nSPS) is 12.2. The fourth-order valence-corrected chi connectivity index (χ4v) is 3.16. The monoisotopic (exact) mass is 352 g/mol. The number of aryl methyl sites for hydroxylation is 2. The van der Waals surface area contributed by atoms with E-state index in [-0.39, 0.29) is 4.83 Å². The van der Waals surface area contributed by atoms with Crippen molar-refractivity contribution in [2.45, 2.75) is 25.1 Å². The number of benzene rings is 2. The van der Waals surface area contributed by atoms with Crippen LogP contribution in [0.5, 0.6) is 5.75 Å². The topological polar surface area (TPSA) is 9.23 Å². The van der Waals surface area contributed by atoms with Crippen molar-refractivity contribution < 1.29 is 4.74 Å². The summed E-state index contributed by atoms with van der Waals surface area (Å²) in [6.07, 6.45) is 0.907. The number of alkyl halides is 1. The van der Waals surface area contributed by atoms with Crippen molar-refractivity contribution in [3.8, 4) is 5.75 Å². The molecule has 0 aliphatic heterocycles. The second-order valence-electron chi connectivity index (χ2n) is 4.99. The maximum atomic E-state index is 6.10. The van der Waals surface area contributed by atoms with Crippen LogP contribution in [0, 0.1) is 13.8 Å². The molecular weight excluding hydrogens is 336 g/mol. The van der Waals surface area contributed by atoms with Gasteiger partial charge in [-0.25, -0.2) is 0 Å². The van der Waals surface area contributed by atoms with Gasteiger partial charge in [0.1, 0.15) is 5.75 Å². The number of hydrogen-bond donors (Lipinski definition) is 0. The van der Waals surface area contributed by atoms with Crippen LogP contribution in [0.1, 0.15) is 27.1 Å². The lowest BCUT2D eigenvalue weighted by Gasteiger charge is -2.16. The summed E-state index contributed by atoms with van der Waals surface area (Å²) >= 11 is 9.87. The highest BCUT2D eigenvalue weighted by Crippen LogP contribution is 2.36. The lowest BCUT2D eigenvalue weighted by Crippen LogP contribution is -2.01. The molecule has 0 saturated heterocycles. The maximum Gasteiger partial charge on any atom is 0.123 e. The van der Waals surface area contributed by atoms with E-state index in [0.29, 0.717) is 0 Å². The number of halogens is 2. The van der Waals surface area contributed by atoms with E-state index >= 15 is 0 Å². The van der Waals surface area contributed by atoms with Gasteiger partial charge >= 0.3 is 0 Å². The van der Waals surface area contributed by atoms with Crippen LogP contribution in [0.15, 0.2) is 36.4 Å². The molecule has 0 aromatic heterocycles. The molecule has 0 bridgehead atoms. The first-order chi connectivity index (χ1) is 9.51. The van der Waals surface area contributed by atoms with E-state index in [2.05, 4.69) is 48.0 Å². The summed E-state index contributed by atoms with van der Waals surface area (Å²) in [5, 5.41) is 0.728. The zero-order chi connectivity index (χ0) is 14.7. The van der Waals surface area contributed by atoms with Crippen molar-refractivity contribution in [1.82, 2.24) is 0 Å². The van der Waals surface area contributed by atoms with Crippen LogP contribution in [0.25, 0.3) is 0 Å². The van der Waals surface area contributed by atoms with Gasteiger partial charge in [-0.05, 0) is 49.6 Å². The van der Waals surface area contributed by atoms with E-state index in [4.69, 9.17) is 16.3 Å². The van der Waals surface area contributed by atoms with Gasteiger partial charge in [0.2, 0.25) is 0 Å². The molecule has 2 aromatic carbocycles. The summed E-state index contributed by atoms with van der Waals surface area (Å²) in [5.74, 6) is 0.863. The molecule has 0 heterocycles. The average molecular weight is 354 g/mol. The van der Waals surface area contributed by atoms with Crippen LogP contribution in [-0.4, -0.2) is 7.11 Å². The van der Waals surface area contributed by atoms with Crippen molar-refractivity contribution in [3.05, 3.63) is 63.7 Å². The van der Waals surface area contributed by atoms with E-state index in [1.54, 1.807) is 7.11 Å². The van der Waals surface area contributed by atoms with Gasteiger partial charge in [-0.2, -0.15) is 0 Å². The Balaban J connectivity index is 2.30. The predicted octanol–water partition coefficient (Wildman–Crippen LogP) is 5.64. The van der Waals surface area contributed by atoms with Crippen LogP contribution in [-0.2, 0) is 6.42 Å². The molecule has 1 unspecified atom stereocenters. The Bertz CT molecular complexity index is 610. The third-order valence-electron chi connectivity index (χ3n) is 3.43. The van der Waals surface area contributed by atoms with E-state index in [1.807, 2.05) is 18.2 Å².